The van der Waals surface area contributed by atoms with Crippen LogP contribution in [0.4, 0.5) is 5.69 Å². The Kier molecular flexibility index (Phi) is 5.69. The molecule has 0 saturated carbocycles. The lowest BCUT2D eigenvalue weighted by Gasteiger charge is -2.08. The van der Waals surface area contributed by atoms with Crippen molar-refractivity contribution in [1.29, 1.82) is 0 Å². The van der Waals surface area contributed by atoms with Crippen molar-refractivity contribution in [3.05, 3.63) is 23.8 Å². The van der Waals surface area contributed by atoms with Crippen LogP contribution >= 0.6 is 11.8 Å². The number of carbonyl (C=O) groups excluding carboxylic acids is 1. The first-order chi connectivity index (χ1) is 8.17. The fraction of sp³-hybridized carbons (Fsp3) is 0.417. The van der Waals surface area contributed by atoms with Crippen molar-refractivity contribution >= 4 is 23.4 Å². The highest BCUT2D eigenvalue weighted by Crippen LogP contribution is 2.18. The summed E-state index contributed by atoms with van der Waals surface area (Å²) in [5.41, 5.74) is 6.79. The fourth-order valence-corrected chi connectivity index (χ4v) is 1.68. The molecule has 1 rings (SSSR count). The number of nitrogen functional groups attached to an aromatic ring is 1. The molecule has 0 aliphatic rings. The average molecular weight is 254 g/mol. The van der Waals surface area contributed by atoms with Crippen LogP contribution in [-0.4, -0.2) is 31.1 Å². The van der Waals surface area contributed by atoms with Crippen LogP contribution in [0.25, 0.3) is 0 Å². The number of rotatable bonds is 6. The number of anilines is 1. The Morgan fingerprint density at radius 2 is 2.24 bits per heavy atom. The van der Waals surface area contributed by atoms with E-state index in [1.165, 1.54) is 0 Å². The monoisotopic (exact) mass is 254 g/mol. The summed E-state index contributed by atoms with van der Waals surface area (Å²) in [7, 11) is 0. The number of amides is 1. The third kappa shape index (κ3) is 4.56. The van der Waals surface area contributed by atoms with Crippen LogP contribution < -0.4 is 15.8 Å². The molecule has 0 bridgehead atoms. The van der Waals surface area contributed by atoms with Crippen LogP contribution in [0, 0.1) is 0 Å². The van der Waals surface area contributed by atoms with E-state index in [0.717, 1.165) is 5.75 Å². The third-order valence-corrected chi connectivity index (χ3v) is 2.71. The zero-order chi connectivity index (χ0) is 12.7. The first kappa shape index (κ1) is 13.7. The van der Waals surface area contributed by atoms with Gasteiger partial charge in [0.2, 0.25) is 0 Å². The van der Waals surface area contributed by atoms with Gasteiger partial charge in [0.25, 0.3) is 5.91 Å². The Morgan fingerprint density at radius 3 is 2.88 bits per heavy atom. The summed E-state index contributed by atoms with van der Waals surface area (Å²) in [6.07, 6.45) is 2.00. The molecule has 94 valence electrons. The van der Waals surface area contributed by atoms with Crippen LogP contribution in [0.5, 0.6) is 5.75 Å². The normalized spacial score (nSPS) is 10.0. The Hall–Kier alpha value is -1.36. The maximum atomic E-state index is 11.8. The Morgan fingerprint density at radius 1 is 1.47 bits per heavy atom. The minimum absolute atomic E-state index is 0.118. The van der Waals surface area contributed by atoms with E-state index in [4.69, 9.17) is 10.5 Å². The molecule has 0 aliphatic carbocycles. The molecule has 0 unspecified atom stereocenters. The van der Waals surface area contributed by atoms with Crippen molar-refractivity contribution < 1.29 is 9.53 Å². The van der Waals surface area contributed by atoms with E-state index in [0.29, 0.717) is 30.2 Å². The van der Waals surface area contributed by atoms with Gasteiger partial charge in [0, 0.05) is 29.6 Å². The zero-order valence-corrected chi connectivity index (χ0v) is 11.0. The lowest BCUT2D eigenvalue weighted by molar-refractivity contribution is 0.0956. The van der Waals surface area contributed by atoms with Crippen LogP contribution in [0.3, 0.4) is 0 Å². The van der Waals surface area contributed by atoms with Gasteiger partial charge in [0.05, 0.1) is 6.61 Å². The van der Waals surface area contributed by atoms with Crippen molar-refractivity contribution in [3.63, 3.8) is 0 Å². The van der Waals surface area contributed by atoms with Crippen molar-refractivity contribution in [2.45, 2.75) is 6.92 Å². The molecule has 1 aromatic carbocycles. The number of nitrogens with one attached hydrogen (secondary N) is 1. The highest BCUT2D eigenvalue weighted by Gasteiger charge is 2.07. The van der Waals surface area contributed by atoms with E-state index in [2.05, 4.69) is 5.32 Å². The van der Waals surface area contributed by atoms with Crippen LogP contribution in [0.1, 0.15) is 17.3 Å². The van der Waals surface area contributed by atoms with Gasteiger partial charge in [-0.2, -0.15) is 11.8 Å². The average Bonchev–Trinajstić information content (AvgIpc) is 2.29. The van der Waals surface area contributed by atoms with E-state index in [-0.39, 0.29) is 5.91 Å². The third-order valence-electron chi connectivity index (χ3n) is 2.09. The van der Waals surface area contributed by atoms with E-state index < -0.39 is 0 Å². The quantitative estimate of drug-likeness (QED) is 0.600. The predicted molar refractivity (Wildman–Crippen MR) is 72.7 cm³/mol. The van der Waals surface area contributed by atoms with E-state index in [1.54, 1.807) is 30.0 Å². The Labute approximate surface area is 106 Å². The number of nitrogens with two attached hydrogens (primary N) is 1. The van der Waals surface area contributed by atoms with E-state index in [1.807, 2.05) is 13.2 Å². The van der Waals surface area contributed by atoms with E-state index in [9.17, 15) is 4.79 Å². The SMILES string of the molecule is CCOc1cc(N)cc(C(=O)NCCSC)c1. The van der Waals surface area contributed by atoms with Gasteiger partial charge in [-0.05, 0) is 25.3 Å². The molecule has 0 atom stereocenters. The minimum Gasteiger partial charge on any atom is -0.494 e. The minimum atomic E-state index is -0.118. The lowest BCUT2D eigenvalue weighted by Crippen LogP contribution is -2.25. The smallest absolute Gasteiger partial charge is 0.251 e. The molecular weight excluding hydrogens is 236 g/mol. The Bertz CT molecular complexity index is 383. The molecule has 0 fully saturated rings. The highest BCUT2D eigenvalue weighted by atomic mass is 32.2. The molecule has 0 spiro atoms. The number of ether oxygens (including phenoxy) is 1. The first-order valence-electron chi connectivity index (χ1n) is 5.48. The van der Waals surface area contributed by atoms with Crippen molar-refractivity contribution in [2.75, 3.05) is 30.9 Å². The molecule has 1 aromatic rings. The molecule has 0 aromatic heterocycles. The van der Waals surface area contributed by atoms with Crippen LogP contribution in [0.15, 0.2) is 18.2 Å². The van der Waals surface area contributed by atoms with Gasteiger partial charge >= 0.3 is 0 Å². The van der Waals surface area contributed by atoms with Crippen molar-refractivity contribution in [1.82, 2.24) is 5.32 Å². The van der Waals surface area contributed by atoms with Gasteiger partial charge in [-0.1, -0.05) is 0 Å². The highest BCUT2D eigenvalue weighted by molar-refractivity contribution is 7.98. The summed E-state index contributed by atoms with van der Waals surface area (Å²) in [5.74, 6) is 1.40. The standard InChI is InChI=1S/C12H18N2O2S/c1-3-16-11-7-9(6-10(13)8-11)12(15)14-4-5-17-2/h6-8H,3-5,13H2,1-2H3,(H,14,15). The number of hydrogen-bond donors (Lipinski definition) is 2. The number of carbonyl (C=O) groups is 1. The fourth-order valence-electron chi connectivity index (χ4n) is 1.37. The second kappa shape index (κ2) is 7.06. The van der Waals surface area contributed by atoms with Gasteiger partial charge < -0.3 is 15.8 Å². The number of hydrogen-bond acceptors (Lipinski definition) is 4. The first-order valence-corrected chi connectivity index (χ1v) is 6.87. The van der Waals surface area contributed by atoms with Gasteiger partial charge in [0.1, 0.15) is 5.75 Å². The molecule has 3 N–H and O–H groups in total. The Balaban J connectivity index is 2.71. The van der Waals surface area contributed by atoms with Crippen molar-refractivity contribution in [2.24, 2.45) is 0 Å². The maximum Gasteiger partial charge on any atom is 0.251 e. The van der Waals surface area contributed by atoms with Crippen LogP contribution in [-0.2, 0) is 0 Å². The second-order valence-electron chi connectivity index (χ2n) is 3.47. The predicted octanol–water partition coefficient (Wildman–Crippen LogP) is 1.76. The zero-order valence-electron chi connectivity index (χ0n) is 10.2. The topological polar surface area (TPSA) is 64.3 Å². The van der Waals surface area contributed by atoms with Gasteiger partial charge in [-0.3, -0.25) is 4.79 Å². The number of benzene rings is 1. The summed E-state index contributed by atoms with van der Waals surface area (Å²) in [5, 5.41) is 2.83. The maximum absolute atomic E-state index is 11.8. The van der Waals surface area contributed by atoms with Gasteiger partial charge in [0.15, 0.2) is 0 Å². The molecule has 1 amide bonds. The molecule has 0 radical (unpaired) electrons. The summed E-state index contributed by atoms with van der Waals surface area (Å²) < 4.78 is 5.34. The largest absolute Gasteiger partial charge is 0.494 e. The molecular formula is C12H18N2O2S. The summed E-state index contributed by atoms with van der Waals surface area (Å²) >= 11 is 1.69. The molecule has 4 nitrogen and oxygen atoms in total. The molecule has 5 heteroatoms. The molecule has 17 heavy (non-hydrogen) atoms. The summed E-state index contributed by atoms with van der Waals surface area (Å²) in [4.78, 5) is 11.8. The molecule has 0 aliphatic heterocycles. The van der Waals surface area contributed by atoms with Gasteiger partial charge in [-0.25, -0.2) is 0 Å². The molecule has 0 saturated heterocycles. The van der Waals surface area contributed by atoms with Crippen LogP contribution in [0.2, 0.25) is 0 Å². The summed E-state index contributed by atoms with van der Waals surface area (Å²) in [6.45, 7) is 3.09. The lowest BCUT2D eigenvalue weighted by atomic mass is 10.2. The van der Waals surface area contributed by atoms with E-state index >= 15 is 0 Å². The van der Waals surface area contributed by atoms with Crippen molar-refractivity contribution in [3.8, 4) is 5.75 Å². The number of thioether (sulfide) groups is 1. The van der Waals surface area contributed by atoms with Gasteiger partial charge in [-0.15, -0.1) is 0 Å². The second-order valence-corrected chi connectivity index (χ2v) is 4.46. The molecule has 0 heterocycles. The summed E-state index contributed by atoms with van der Waals surface area (Å²) in [6, 6.07) is 5.06.